The first-order valence-corrected chi connectivity index (χ1v) is 7.37. The first kappa shape index (κ1) is 17.3. The molecule has 2 rings (SSSR count). The van der Waals surface area contributed by atoms with Crippen molar-refractivity contribution in [2.24, 2.45) is 5.10 Å². The van der Waals surface area contributed by atoms with Crippen LogP contribution < -0.4 is 10.2 Å². The van der Waals surface area contributed by atoms with Crippen molar-refractivity contribution >= 4 is 18.1 Å². The Balaban J connectivity index is 1.82. The van der Waals surface area contributed by atoms with Gasteiger partial charge in [-0.05, 0) is 55.8 Å². The zero-order valence-corrected chi connectivity index (χ0v) is 13.4. The van der Waals surface area contributed by atoms with Crippen molar-refractivity contribution in [3.8, 4) is 5.75 Å². The van der Waals surface area contributed by atoms with Crippen LogP contribution in [0.3, 0.4) is 0 Å². The van der Waals surface area contributed by atoms with Gasteiger partial charge in [0.1, 0.15) is 11.5 Å². The van der Waals surface area contributed by atoms with Crippen LogP contribution >= 0.6 is 0 Å². The van der Waals surface area contributed by atoms with Gasteiger partial charge < -0.3 is 13.9 Å². The number of nitrogens with one attached hydrogen (secondary N) is 1. The summed E-state index contributed by atoms with van der Waals surface area (Å²) in [5.74, 6) is 0.554. The molecule has 1 heterocycles. The first-order valence-electron chi connectivity index (χ1n) is 7.37. The third-order valence-electron chi connectivity index (χ3n) is 2.89. The molecule has 0 atom stereocenters. The smallest absolute Gasteiger partial charge is 0.344 e. The number of hydrogen-bond donors (Lipinski definition) is 1. The second kappa shape index (κ2) is 8.52. The standard InChI is InChI=1S/C17H18N2O5/c1-3-22-16(20)11-23-14-7-5-13(6-8-14)10-18-19-17(21)15-9-4-12(2)24-15/h4-10H,3,11H2,1-2H3,(H,19,21)/b18-10+. The Hall–Kier alpha value is -3.09. The minimum atomic E-state index is -0.422. The van der Waals surface area contributed by atoms with Crippen LogP contribution in [0, 0.1) is 6.92 Å². The van der Waals surface area contributed by atoms with Crippen molar-refractivity contribution in [1.82, 2.24) is 5.43 Å². The maximum atomic E-state index is 11.7. The maximum Gasteiger partial charge on any atom is 0.344 e. The molecule has 7 nitrogen and oxygen atoms in total. The lowest BCUT2D eigenvalue weighted by molar-refractivity contribution is -0.145. The Kier molecular flexibility index (Phi) is 6.13. The minimum Gasteiger partial charge on any atom is -0.482 e. The van der Waals surface area contributed by atoms with E-state index < -0.39 is 11.9 Å². The zero-order chi connectivity index (χ0) is 17.4. The van der Waals surface area contributed by atoms with E-state index in [2.05, 4.69) is 10.5 Å². The predicted octanol–water partition coefficient (Wildman–Crippen LogP) is 2.29. The van der Waals surface area contributed by atoms with Gasteiger partial charge in [-0.1, -0.05) is 0 Å². The highest BCUT2D eigenvalue weighted by atomic mass is 16.6. The number of esters is 1. The van der Waals surface area contributed by atoms with Crippen LogP contribution in [0.5, 0.6) is 5.75 Å². The Morgan fingerprint density at radius 3 is 2.58 bits per heavy atom. The van der Waals surface area contributed by atoms with Crippen LogP contribution in [0.25, 0.3) is 0 Å². The van der Waals surface area contributed by atoms with Crippen LogP contribution in [0.15, 0.2) is 45.9 Å². The number of rotatable bonds is 7. The molecule has 0 saturated heterocycles. The van der Waals surface area contributed by atoms with Crippen molar-refractivity contribution in [2.45, 2.75) is 13.8 Å². The van der Waals surface area contributed by atoms with E-state index in [1.54, 1.807) is 50.2 Å². The lowest BCUT2D eigenvalue weighted by Crippen LogP contribution is -2.16. The molecule has 24 heavy (non-hydrogen) atoms. The lowest BCUT2D eigenvalue weighted by atomic mass is 10.2. The fraction of sp³-hybridized carbons (Fsp3) is 0.235. The van der Waals surface area contributed by atoms with Gasteiger partial charge >= 0.3 is 11.9 Å². The molecule has 1 N–H and O–H groups in total. The molecule has 1 amide bonds. The summed E-state index contributed by atoms with van der Waals surface area (Å²) >= 11 is 0. The number of hydrogen-bond acceptors (Lipinski definition) is 6. The topological polar surface area (TPSA) is 90.1 Å². The summed E-state index contributed by atoms with van der Waals surface area (Å²) in [4.78, 5) is 22.9. The number of amides is 1. The van der Waals surface area contributed by atoms with Gasteiger partial charge in [0, 0.05) is 0 Å². The number of hydrazone groups is 1. The third kappa shape index (κ3) is 5.28. The van der Waals surface area contributed by atoms with Crippen LogP contribution in [-0.4, -0.2) is 31.3 Å². The van der Waals surface area contributed by atoms with Gasteiger partial charge in [0.05, 0.1) is 12.8 Å². The molecule has 0 saturated carbocycles. The molecule has 0 aliphatic rings. The highest BCUT2D eigenvalue weighted by molar-refractivity contribution is 5.92. The van der Waals surface area contributed by atoms with Crippen molar-refractivity contribution in [3.05, 3.63) is 53.5 Å². The minimum absolute atomic E-state index is 0.139. The number of benzene rings is 1. The number of furan rings is 1. The predicted molar refractivity (Wildman–Crippen MR) is 87.1 cm³/mol. The largest absolute Gasteiger partial charge is 0.482 e. The molecule has 0 spiro atoms. The monoisotopic (exact) mass is 330 g/mol. The molecular formula is C17H18N2O5. The normalized spacial score (nSPS) is 10.6. The second-order valence-electron chi connectivity index (χ2n) is 4.77. The molecule has 0 fully saturated rings. The molecular weight excluding hydrogens is 312 g/mol. The van der Waals surface area contributed by atoms with Crippen molar-refractivity contribution < 1.29 is 23.5 Å². The average Bonchev–Trinajstić information content (AvgIpc) is 3.01. The van der Waals surface area contributed by atoms with Gasteiger partial charge in [0.2, 0.25) is 0 Å². The van der Waals surface area contributed by atoms with Gasteiger partial charge in [-0.3, -0.25) is 4.79 Å². The Morgan fingerprint density at radius 2 is 1.96 bits per heavy atom. The van der Waals surface area contributed by atoms with Gasteiger partial charge in [0.15, 0.2) is 12.4 Å². The SMILES string of the molecule is CCOC(=O)COc1ccc(/C=N/NC(=O)c2ccc(C)o2)cc1. The quantitative estimate of drug-likeness (QED) is 0.478. The molecule has 0 aliphatic heterocycles. The summed E-state index contributed by atoms with van der Waals surface area (Å²) in [6.07, 6.45) is 1.49. The van der Waals surface area contributed by atoms with E-state index in [1.807, 2.05) is 0 Å². The van der Waals surface area contributed by atoms with Crippen LogP contribution in [0.4, 0.5) is 0 Å². The molecule has 0 aliphatic carbocycles. The fourth-order valence-corrected chi connectivity index (χ4v) is 1.77. The summed E-state index contributed by atoms with van der Waals surface area (Å²) in [6, 6.07) is 10.2. The van der Waals surface area contributed by atoms with E-state index in [4.69, 9.17) is 13.9 Å². The number of nitrogens with zero attached hydrogens (tertiary/aromatic N) is 1. The summed E-state index contributed by atoms with van der Waals surface area (Å²) < 4.78 is 15.2. The molecule has 2 aromatic rings. The first-order chi connectivity index (χ1) is 11.6. The van der Waals surface area contributed by atoms with Gasteiger partial charge in [-0.25, -0.2) is 10.2 Å². The summed E-state index contributed by atoms with van der Waals surface area (Å²) in [7, 11) is 0. The third-order valence-corrected chi connectivity index (χ3v) is 2.89. The van der Waals surface area contributed by atoms with E-state index in [0.717, 1.165) is 5.56 Å². The van der Waals surface area contributed by atoms with Crippen molar-refractivity contribution in [1.29, 1.82) is 0 Å². The van der Waals surface area contributed by atoms with E-state index in [-0.39, 0.29) is 12.4 Å². The Labute approximate surface area is 139 Å². The highest BCUT2D eigenvalue weighted by Gasteiger charge is 2.08. The fourth-order valence-electron chi connectivity index (χ4n) is 1.77. The van der Waals surface area contributed by atoms with Crippen LogP contribution in [-0.2, 0) is 9.53 Å². The van der Waals surface area contributed by atoms with Crippen molar-refractivity contribution in [3.63, 3.8) is 0 Å². The van der Waals surface area contributed by atoms with Crippen LogP contribution in [0.2, 0.25) is 0 Å². The molecule has 7 heteroatoms. The highest BCUT2D eigenvalue weighted by Crippen LogP contribution is 2.11. The second-order valence-corrected chi connectivity index (χ2v) is 4.77. The van der Waals surface area contributed by atoms with Crippen molar-refractivity contribution in [2.75, 3.05) is 13.2 Å². The zero-order valence-electron chi connectivity index (χ0n) is 13.4. The molecule has 0 bridgehead atoms. The van der Waals surface area contributed by atoms with Gasteiger partial charge in [0.25, 0.3) is 0 Å². The average molecular weight is 330 g/mol. The van der Waals surface area contributed by atoms with E-state index in [9.17, 15) is 9.59 Å². The van der Waals surface area contributed by atoms with E-state index in [0.29, 0.717) is 18.1 Å². The number of aryl methyl sites for hydroxylation is 1. The number of ether oxygens (including phenoxy) is 2. The molecule has 126 valence electrons. The molecule has 0 radical (unpaired) electrons. The van der Waals surface area contributed by atoms with Gasteiger partial charge in [-0.2, -0.15) is 5.10 Å². The van der Waals surface area contributed by atoms with E-state index >= 15 is 0 Å². The summed E-state index contributed by atoms with van der Waals surface area (Å²) in [5.41, 5.74) is 3.13. The molecule has 1 aromatic carbocycles. The lowest BCUT2D eigenvalue weighted by Gasteiger charge is -2.05. The molecule has 1 aromatic heterocycles. The van der Waals surface area contributed by atoms with Crippen LogP contribution in [0.1, 0.15) is 28.8 Å². The molecule has 0 unspecified atom stereocenters. The van der Waals surface area contributed by atoms with E-state index in [1.165, 1.54) is 6.21 Å². The number of carbonyl (C=O) groups excluding carboxylic acids is 2. The Morgan fingerprint density at radius 1 is 1.21 bits per heavy atom. The number of carbonyl (C=O) groups is 2. The van der Waals surface area contributed by atoms with Gasteiger partial charge in [-0.15, -0.1) is 0 Å². The summed E-state index contributed by atoms with van der Waals surface area (Å²) in [5, 5.41) is 3.86. The summed E-state index contributed by atoms with van der Waals surface area (Å²) in [6.45, 7) is 3.67. The Bertz CT molecular complexity index is 719. The maximum absolute atomic E-state index is 11.7.